The first kappa shape index (κ1) is 25.4. The lowest BCUT2D eigenvalue weighted by atomic mass is 10.0. The van der Waals surface area contributed by atoms with Gasteiger partial charge in [-0.15, -0.1) is 0 Å². The van der Waals surface area contributed by atoms with Crippen LogP contribution in [0, 0.1) is 0 Å². The third kappa shape index (κ3) is 5.28. The topological polar surface area (TPSA) is 64.0 Å². The Morgan fingerprint density at radius 2 is 1.34 bits per heavy atom. The van der Waals surface area contributed by atoms with Gasteiger partial charge in [0.2, 0.25) is 0 Å². The number of nitrogens with zero attached hydrogens (tertiary/aromatic N) is 2. The van der Waals surface area contributed by atoms with E-state index in [-0.39, 0.29) is 17.1 Å². The zero-order valence-electron chi connectivity index (χ0n) is 18.0. The number of rotatable bonds is 6. The van der Waals surface area contributed by atoms with Crippen molar-refractivity contribution in [3.63, 3.8) is 0 Å². The molecule has 0 heterocycles. The van der Waals surface area contributed by atoms with Crippen LogP contribution in [-0.2, 0) is 6.42 Å². The number of carbonyl (C=O) groups excluding carboxylic acids is 1. The van der Waals surface area contributed by atoms with Gasteiger partial charge in [-0.2, -0.15) is 0 Å². The van der Waals surface area contributed by atoms with E-state index < -0.39 is 5.91 Å². The molecule has 0 aliphatic heterocycles. The average molecular weight is 637 g/mol. The molecule has 4 aromatic carbocycles. The van der Waals surface area contributed by atoms with Crippen LogP contribution < -0.4 is 8.84 Å². The summed E-state index contributed by atoms with van der Waals surface area (Å²) in [5.74, 6) is -0.567. The van der Waals surface area contributed by atoms with Crippen molar-refractivity contribution in [2.45, 2.75) is 6.42 Å². The van der Waals surface area contributed by atoms with Crippen LogP contribution in [0.15, 0.2) is 93.9 Å². The summed E-state index contributed by atoms with van der Waals surface area (Å²) in [5.41, 5.74) is 3.24. The molecule has 0 fully saturated rings. The second-order valence-electron chi connectivity index (χ2n) is 7.54. The molecule has 0 radical (unpaired) electrons. The number of para-hydroxylation sites is 2. The van der Waals surface area contributed by atoms with Gasteiger partial charge in [-0.3, -0.25) is 9.21 Å². The standard InChI is InChI=1S/C26H18Br2Cl2N2O3/c27-19-9-5-10-20(18(19)15-16-7-1-3-13-23(16)33)31(29)21-11-6-12-22(25(21)28)32(30)26(35)17-8-2-4-14-24(17)34/h1-14,33-34H,15H2. The van der Waals surface area contributed by atoms with Crippen molar-refractivity contribution in [1.82, 2.24) is 0 Å². The minimum atomic E-state index is -0.591. The molecule has 0 atom stereocenters. The molecule has 0 spiro atoms. The van der Waals surface area contributed by atoms with E-state index in [9.17, 15) is 15.0 Å². The first-order valence-electron chi connectivity index (χ1n) is 10.4. The highest BCUT2D eigenvalue weighted by Crippen LogP contribution is 2.43. The first-order chi connectivity index (χ1) is 16.8. The summed E-state index contributed by atoms with van der Waals surface area (Å²) in [6.45, 7) is 0. The van der Waals surface area contributed by atoms with Crippen LogP contribution in [0.4, 0.5) is 17.1 Å². The van der Waals surface area contributed by atoms with Gasteiger partial charge in [-0.05, 0) is 69.5 Å². The smallest absolute Gasteiger partial charge is 0.276 e. The summed E-state index contributed by atoms with van der Waals surface area (Å²) >= 11 is 20.4. The minimum absolute atomic E-state index is 0.0690. The maximum atomic E-state index is 12.9. The molecule has 35 heavy (non-hydrogen) atoms. The van der Waals surface area contributed by atoms with E-state index >= 15 is 0 Å². The molecule has 4 aromatic rings. The molecular formula is C26H18Br2Cl2N2O3. The van der Waals surface area contributed by atoms with E-state index in [1.54, 1.807) is 42.5 Å². The number of halogens is 4. The van der Waals surface area contributed by atoms with Crippen LogP contribution in [0.5, 0.6) is 11.5 Å². The van der Waals surface area contributed by atoms with Gasteiger partial charge in [0.05, 0.1) is 27.1 Å². The molecular weight excluding hydrogens is 619 g/mol. The second kappa shape index (κ2) is 10.9. The molecule has 0 unspecified atom stereocenters. The molecule has 1 amide bonds. The SMILES string of the molecule is O=C(c1ccccc1O)N(Cl)c1cccc(N(Cl)c2cccc(Br)c2Cc2ccccc2O)c1Br. The highest BCUT2D eigenvalue weighted by molar-refractivity contribution is 9.11. The molecule has 0 saturated heterocycles. The molecule has 0 saturated carbocycles. The number of carbonyl (C=O) groups is 1. The number of anilines is 3. The van der Waals surface area contributed by atoms with Crippen LogP contribution in [-0.4, -0.2) is 16.1 Å². The number of phenolic OH excluding ortho intramolecular Hbond substituents is 2. The van der Waals surface area contributed by atoms with Gasteiger partial charge in [-0.1, -0.05) is 58.4 Å². The third-order valence-electron chi connectivity index (χ3n) is 5.36. The van der Waals surface area contributed by atoms with Crippen molar-refractivity contribution >= 4 is 78.4 Å². The van der Waals surface area contributed by atoms with Gasteiger partial charge in [0.25, 0.3) is 5.91 Å². The zero-order valence-corrected chi connectivity index (χ0v) is 22.7. The van der Waals surface area contributed by atoms with Crippen molar-refractivity contribution in [3.05, 3.63) is 111 Å². The predicted molar refractivity (Wildman–Crippen MR) is 148 cm³/mol. The molecule has 4 rings (SSSR count). The number of benzene rings is 4. The van der Waals surface area contributed by atoms with Gasteiger partial charge in [0, 0.05) is 34.4 Å². The zero-order chi connectivity index (χ0) is 25.1. The van der Waals surface area contributed by atoms with Gasteiger partial charge in [0.15, 0.2) is 0 Å². The van der Waals surface area contributed by atoms with E-state index in [1.807, 2.05) is 30.3 Å². The molecule has 0 aliphatic rings. The lowest BCUT2D eigenvalue weighted by molar-refractivity contribution is 0.100. The molecule has 0 aromatic heterocycles. The van der Waals surface area contributed by atoms with Crippen molar-refractivity contribution < 1.29 is 15.0 Å². The summed E-state index contributed by atoms with van der Waals surface area (Å²) in [6, 6.07) is 24.1. The Morgan fingerprint density at radius 1 is 0.743 bits per heavy atom. The Kier molecular flexibility index (Phi) is 7.91. The Balaban J connectivity index is 1.72. The lowest BCUT2D eigenvalue weighted by Gasteiger charge is -2.24. The van der Waals surface area contributed by atoms with Crippen molar-refractivity contribution in [1.29, 1.82) is 0 Å². The Morgan fingerprint density at radius 3 is 2.06 bits per heavy atom. The summed E-state index contributed by atoms with van der Waals surface area (Å²) in [5, 5.41) is 20.3. The highest BCUT2D eigenvalue weighted by atomic mass is 79.9. The fraction of sp³-hybridized carbons (Fsp3) is 0.0385. The van der Waals surface area contributed by atoms with Crippen LogP contribution in [0.3, 0.4) is 0 Å². The summed E-state index contributed by atoms with van der Waals surface area (Å²) in [7, 11) is 0. The second-order valence-corrected chi connectivity index (χ2v) is 9.86. The largest absolute Gasteiger partial charge is 0.508 e. The lowest BCUT2D eigenvalue weighted by Crippen LogP contribution is -2.21. The van der Waals surface area contributed by atoms with Crippen LogP contribution in [0.2, 0.25) is 0 Å². The molecule has 0 bridgehead atoms. The van der Waals surface area contributed by atoms with E-state index in [1.165, 1.54) is 16.6 Å². The number of hydrogen-bond donors (Lipinski definition) is 2. The Hall–Kier alpha value is -2.71. The first-order valence-corrected chi connectivity index (χ1v) is 12.6. The van der Waals surface area contributed by atoms with Gasteiger partial charge >= 0.3 is 0 Å². The number of amides is 1. The van der Waals surface area contributed by atoms with Crippen LogP contribution in [0.25, 0.3) is 0 Å². The van der Waals surface area contributed by atoms with Crippen molar-refractivity contribution in [2.75, 3.05) is 8.84 Å². The van der Waals surface area contributed by atoms with Gasteiger partial charge in [-0.25, -0.2) is 4.42 Å². The van der Waals surface area contributed by atoms with Crippen LogP contribution in [0.1, 0.15) is 21.5 Å². The normalized spacial score (nSPS) is 10.7. The molecule has 9 heteroatoms. The number of aromatic hydroxyl groups is 2. The molecule has 5 nitrogen and oxygen atoms in total. The summed E-state index contributed by atoms with van der Waals surface area (Å²) in [6.07, 6.45) is 0.428. The average Bonchev–Trinajstić information content (AvgIpc) is 2.85. The van der Waals surface area contributed by atoms with Gasteiger partial charge < -0.3 is 10.2 Å². The minimum Gasteiger partial charge on any atom is -0.508 e. The Bertz CT molecular complexity index is 1400. The number of phenols is 2. The van der Waals surface area contributed by atoms with Crippen molar-refractivity contribution in [3.8, 4) is 11.5 Å². The fourth-order valence-electron chi connectivity index (χ4n) is 3.57. The molecule has 2 N–H and O–H groups in total. The van der Waals surface area contributed by atoms with E-state index in [0.717, 1.165) is 20.0 Å². The maximum absolute atomic E-state index is 12.9. The maximum Gasteiger partial charge on any atom is 0.276 e. The fourth-order valence-corrected chi connectivity index (χ4v) is 5.42. The molecule has 178 valence electrons. The number of hydrogen-bond acceptors (Lipinski definition) is 4. The Labute approximate surface area is 229 Å². The monoisotopic (exact) mass is 634 g/mol. The molecule has 0 aliphatic carbocycles. The van der Waals surface area contributed by atoms with Crippen LogP contribution >= 0.6 is 55.4 Å². The van der Waals surface area contributed by atoms with E-state index in [0.29, 0.717) is 28.0 Å². The van der Waals surface area contributed by atoms with E-state index in [4.69, 9.17) is 23.6 Å². The summed E-state index contributed by atoms with van der Waals surface area (Å²) in [4.78, 5) is 12.9. The quantitative estimate of drug-likeness (QED) is 0.209. The predicted octanol–water partition coefficient (Wildman–Crippen LogP) is 8.31. The van der Waals surface area contributed by atoms with E-state index in [2.05, 4.69) is 31.9 Å². The summed E-state index contributed by atoms with van der Waals surface area (Å²) < 4.78 is 3.69. The third-order valence-corrected chi connectivity index (χ3v) is 7.61. The van der Waals surface area contributed by atoms with Gasteiger partial charge in [0.1, 0.15) is 11.5 Å². The highest BCUT2D eigenvalue weighted by Gasteiger charge is 2.24. The van der Waals surface area contributed by atoms with Crippen molar-refractivity contribution in [2.24, 2.45) is 0 Å².